The van der Waals surface area contributed by atoms with Crippen molar-refractivity contribution in [2.45, 2.75) is 46.5 Å². The van der Waals surface area contributed by atoms with Gasteiger partial charge in [0.1, 0.15) is 5.82 Å². The quantitative estimate of drug-likeness (QED) is 0.675. The second kappa shape index (κ2) is 7.86. The van der Waals surface area contributed by atoms with Crippen LogP contribution < -0.4 is 5.32 Å². The Hall–Kier alpha value is -0.600. The highest BCUT2D eigenvalue weighted by Crippen LogP contribution is 2.32. The van der Waals surface area contributed by atoms with Crippen LogP contribution in [0.5, 0.6) is 0 Å². The smallest absolute Gasteiger partial charge is 0.126 e. The van der Waals surface area contributed by atoms with Crippen molar-refractivity contribution in [2.24, 2.45) is 5.41 Å². The molecule has 0 bridgehead atoms. The second-order valence-electron chi connectivity index (χ2n) is 5.30. The summed E-state index contributed by atoms with van der Waals surface area (Å²) in [6.45, 7) is 8.46. The maximum atomic E-state index is 13.9. The highest BCUT2D eigenvalue weighted by molar-refractivity contribution is 6.30. The molecule has 0 unspecified atom stereocenters. The SMILES string of the molecule is CCCNCC(CC)(CC)Cc1cc(Cl)ccc1F. The van der Waals surface area contributed by atoms with Crippen molar-refractivity contribution in [3.63, 3.8) is 0 Å². The molecular weight excluding hydrogens is 261 g/mol. The van der Waals surface area contributed by atoms with Crippen molar-refractivity contribution in [1.82, 2.24) is 5.32 Å². The average molecular weight is 286 g/mol. The Labute approximate surface area is 121 Å². The van der Waals surface area contributed by atoms with Crippen molar-refractivity contribution >= 4 is 11.6 Å². The monoisotopic (exact) mass is 285 g/mol. The summed E-state index contributed by atoms with van der Waals surface area (Å²) in [5.74, 6) is -0.147. The summed E-state index contributed by atoms with van der Waals surface area (Å²) in [4.78, 5) is 0. The number of hydrogen-bond acceptors (Lipinski definition) is 1. The van der Waals surface area contributed by atoms with Crippen LogP contribution in [0, 0.1) is 11.2 Å². The molecule has 0 saturated heterocycles. The molecule has 0 aromatic heterocycles. The Morgan fingerprint density at radius 1 is 1.21 bits per heavy atom. The molecule has 0 aliphatic carbocycles. The van der Waals surface area contributed by atoms with Crippen LogP contribution in [0.15, 0.2) is 18.2 Å². The van der Waals surface area contributed by atoms with Crippen LogP contribution in [-0.2, 0) is 6.42 Å². The highest BCUT2D eigenvalue weighted by Gasteiger charge is 2.27. The zero-order valence-corrected chi connectivity index (χ0v) is 13.0. The Morgan fingerprint density at radius 3 is 2.47 bits per heavy atom. The summed E-state index contributed by atoms with van der Waals surface area (Å²) in [5.41, 5.74) is 0.843. The van der Waals surface area contributed by atoms with Crippen LogP contribution in [0.25, 0.3) is 0 Å². The molecule has 0 atom stereocenters. The van der Waals surface area contributed by atoms with E-state index in [0.29, 0.717) is 5.02 Å². The molecule has 0 radical (unpaired) electrons. The lowest BCUT2D eigenvalue weighted by Crippen LogP contribution is -2.36. The predicted octanol–water partition coefficient (Wildman–Crippen LogP) is 4.83. The molecule has 108 valence electrons. The first-order valence-electron chi connectivity index (χ1n) is 7.21. The van der Waals surface area contributed by atoms with Gasteiger partial charge in [0, 0.05) is 11.6 Å². The summed E-state index contributed by atoms with van der Waals surface area (Å²) in [5, 5.41) is 4.09. The molecule has 1 aromatic carbocycles. The summed E-state index contributed by atoms with van der Waals surface area (Å²) in [7, 11) is 0. The first kappa shape index (κ1) is 16.5. The van der Waals surface area contributed by atoms with Gasteiger partial charge in [0.05, 0.1) is 0 Å². The van der Waals surface area contributed by atoms with E-state index in [9.17, 15) is 4.39 Å². The minimum absolute atomic E-state index is 0.112. The van der Waals surface area contributed by atoms with E-state index in [2.05, 4.69) is 26.1 Å². The molecule has 0 fully saturated rings. The van der Waals surface area contributed by atoms with Crippen molar-refractivity contribution < 1.29 is 4.39 Å². The molecule has 0 saturated carbocycles. The van der Waals surface area contributed by atoms with Crippen LogP contribution in [0.3, 0.4) is 0 Å². The van der Waals surface area contributed by atoms with Gasteiger partial charge in [-0.2, -0.15) is 0 Å². The third-order valence-corrected chi connectivity index (χ3v) is 4.24. The minimum atomic E-state index is -0.147. The van der Waals surface area contributed by atoms with Gasteiger partial charge in [-0.1, -0.05) is 32.4 Å². The van der Waals surface area contributed by atoms with Gasteiger partial charge >= 0.3 is 0 Å². The zero-order chi connectivity index (χ0) is 14.3. The van der Waals surface area contributed by atoms with Crippen molar-refractivity contribution in [3.05, 3.63) is 34.6 Å². The molecule has 0 aliphatic heterocycles. The minimum Gasteiger partial charge on any atom is -0.316 e. The lowest BCUT2D eigenvalue weighted by atomic mass is 9.76. The molecule has 0 amide bonds. The fraction of sp³-hybridized carbons (Fsp3) is 0.625. The van der Waals surface area contributed by atoms with Crippen LogP contribution in [-0.4, -0.2) is 13.1 Å². The molecule has 0 aliphatic rings. The van der Waals surface area contributed by atoms with E-state index in [1.807, 2.05) is 0 Å². The molecule has 0 spiro atoms. The molecule has 1 rings (SSSR count). The summed E-state index contributed by atoms with van der Waals surface area (Å²) in [6.07, 6.45) is 3.93. The van der Waals surface area contributed by atoms with Crippen molar-refractivity contribution in [3.8, 4) is 0 Å². The standard InChI is InChI=1S/C16H25ClFN/c1-4-9-19-12-16(5-2,6-3)11-13-10-14(17)7-8-15(13)18/h7-8,10,19H,4-6,9,11-12H2,1-3H3. The van der Waals surface area contributed by atoms with E-state index in [-0.39, 0.29) is 11.2 Å². The topological polar surface area (TPSA) is 12.0 Å². The predicted molar refractivity (Wildman–Crippen MR) is 81.3 cm³/mol. The fourth-order valence-corrected chi connectivity index (χ4v) is 2.62. The Bertz CT molecular complexity index is 388. The van der Waals surface area contributed by atoms with Crippen LogP contribution in [0.2, 0.25) is 5.02 Å². The maximum Gasteiger partial charge on any atom is 0.126 e. The van der Waals surface area contributed by atoms with Crippen molar-refractivity contribution in [1.29, 1.82) is 0 Å². The Morgan fingerprint density at radius 2 is 1.89 bits per heavy atom. The third kappa shape index (κ3) is 4.77. The van der Waals surface area contributed by atoms with Gasteiger partial charge in [-0.05, 0) is 61.4 Å². The molecule has 1 aromatic rings. The van der Waals surface area contributed by atoms with E-state index in [4.69, 9.17) is 11.6 Å². The van der Waals surface area contributed by atoms with E-state index in [1.165, 1.54) is 6.07 Å². The number of nitrogens with one attached hydrogen (secondary N) is 1. The van der Waals surface area contributed by atoms with Gasteiger partial charge in [0.25, 0.3) is 0 Å². The largest absolute Gasteiger partial charge is 0.316 e. The number of hydrogen-bond donors (Lipinski definition) is 1. The molecule has 19 heavy (non-hydrogen) atoms. The average Bonchev–Trinajstić information content (AvgIpc) is 2.42. The number of rotatable bonds is 8. The zero-order valence-electron chi connectivity index (χ0n) is 12.2. The summed E-state index contributed by atoms with van der Waals surface area (Å²) >= 11 is 5.98. The molecule has 3 heteroatoms. The molecule has 1 N–H and O–H groups in total. The van der Waals surface area contributed by atoms with Crippen molar-refractivity contribution in [2.75, 3.05) is 13.1 Å². The van der Waals surface area contributed by atoms with Gasteiger partial charge in [-0.15, -0.1) is 0 Å². The van der Waals surface area contributed by atoms with E-state index in [1.54, 1.807) is 12.1 Å². The van der Waals surface area contributed by atoms with Gasteiger partial charge in [-0.3, -0.25) is 0 Å². The fourth-order valence-electron chi connectivity index (χ4n) is 2.43. The second-order valence-corrected chi connectivity index (χ2v) is 5.73. The lowest BCUT2D eigenvalue weighted by molar-refractivity contribution is 0.244. The Balaban J connectivity index is 2.84. The van der Waals surface area contributed by atoms with Gasteiger partial charge in [0.2, 0.25) is 0 Å². The summed E-state index contributed by atoms with van der Waals surface area (Å²) in [6, 6.07) is 4.83. The molecule has 0 heterocycles. The Kier molecular flexibility index (Phi) is 6.81. The first-order chi connectivity index (χ1) is 9.06. The van der Waals surface area contributed by atoms with Gasteiger partial charge in [0.15, 0.2) is 0 Å². The number of benzene rings is 1. The highest BCUT2D eigenvalue weighted by atomic mass is 35.5. The van der Waals surface area contributed by atoms with E-state index >= 15 is 0 Å². The van der Waals surface area contributed by atoms with E-state index < -0.39 is 0 Å². The normalized spacial score (nSPS) is 11.8. The third-order valence-electron chi connectivity index (χ3n) is 4.00. The molecule has 1 nitrogen and oxygen atoms in total. The number of halogens is 2. The van der Waals surface area contributed by atoms with Crippen LogP contribution in [0.4, 0.5) is 4.39 Å². The van der Waals surface area contributed by atoms with Crippen LogP contribution >= 0.6 is 11.6 Å². The summed E-state index contributed by atoms with van der Waals surface area (Å²) < 4.78 is 13.9. The van der Waals surface area contributed by atoms with Gasteiger partial charge in [-0.25, -0.2) is 4.39 Å². The molecular formula is C16H25ClFN. The maximum absolute atomic E-state index is 13.9. The van der Waals surface area contributed by atoms with E-state index in [0.717, 1.165) is 44.3 Å². The van der Waals surface area contributed by atoms with Gasteiger partial charge < -0.3 is 5.32 Å². The lowest BCUT2D eigenvalue weighted by Gasteiger charge is -2.32. The first-order valence-corrected chi connectivity index (χ1v) is 7.59. The van der Waals surface area contributed by atoms with Crippen LogP contribution in [0.1, 0.15) is 45.6 Å².